The van der Waals surface area contributed by atoms with Crippen LogP contribution in [0.1, 0.15) is 62.6 Å². The second kappa shape index (κ2) is 4.40. The molecule has 3 heteroatoms. The number of hydrogen-bond donors (Lipinski definition) is 0. The number of rotatable bonds is 2. The Balaban J connectivity index is 1.76. The van der Waals surface area contributed by atoms with Crippen molar-refractivity contribution in [3.05, 3.63) is 24.0 Å². The van der Waals surface area contributed by atoms with Gasteiger partial charge in [-0.25, -0.2) is 4.68 Å². The Kier molecular flexibility index (Phi) is 2.77. The molecule has 0 amide bonds. The van der Waals surface area contributed by atoms with Crippen molar-refractivity contribution in [3.63, 3.8) is 0 Å². The molecule has 0 bridgehead atoms. The summed E-state index contributed by atoms with van der Waals surface area (Å²) in [6.07, 6.45) is 15.8. The van der Waals surface area contributed by atoms with Crippen LogP contribution in [0.25, 0.3) is 0 Å². The monoisotopic (exact) mass is 217 g/mol. The van der Waals surface area contributed by atoms with Crippen molar-refractivity contribution >= 4 is 0 Å². The van der Waals surface area contributed by atoms with Crippen LogP contribution in [0.3, 0.4) is 0 Å². The number of nitrogens with zero attached hydrogens (tertiary/aromatic N) is 3. The predicted molar refractivity (Wildman–Crippen MR) is 63.3 cm³/mol. The van der Waals surface area contributed by atoms with Crippen LogP contribution in [-0.4, -0.2) is 15.0 Å². The van der Waals surface area contributed by atoms with E-state index in [0.717, 1.165) is 0 Å². The first-order chi connectivity index (χ1) is 7.93. The number of hydrogen-bond acceptors (Lipinski definition) is 2. The van der Waals surface area contributed by atoms with Crippen LogP contribution in [0.4, 0.5) is 0 Å². The smallest absolute Gasteiger partial charge is 0.0858 e. The average Bonchev–Trinajstić information content (AvgIpc) is 3.01. The molecule has 1 aromatic heterocycles. The quantitative estimate of drug-likeness (QED) is 0.712. The molecule has 1 aromatic rings. The van der Waals surface area contributed by atoms with Crippen LogP contribution < -0.4 is 0 Å². The molecule has 0 N–H and O–H groups in total. The van der Waals surface area contributed by atoms with Gasteiger partial charge in [0.25, 0.3) is 0 Å². The van der Waals surface area contributed by atoms with Gasteiger partial charge in [-0.3, -0.25) is 0 Å². The maximum atomic E-state index is 4.35. The largest absolute Gasteiger partial charge is 0.245 e. The van der Waals surface area contributed by atoms with Crippen LogP contribution in [0.2, 0.25) is 0 Å². The van der Waals surface area contributed by atoms with E-state index >= 15 is 0 Å². The minimum Gasteiger partial charge on any atom is -0.245 e. The molecular weight excluding hydrogens is 198 g/mol. The van der Waals surface area contributed by atoms with Crippen LogP contribution in [0.15, 0.2) is 18.3 Å². The minimum absolute atomic E-state index is 0.455. The molecule has 2 aliphatic carbocycles. The Bertz CT molecular complexity index is 374. The highest BCUT2D eigenvalue weighted by atomic mass is 15.4. The van der Waals surface area contributed by atoms with Crippen molar-refractivity contribution < 1.29 is 0 Å². The summed E-state index contributed by atoms with van der Waals surface area (Å²) in [4.78, 5) is 0. The second-order valence-electron chi connectivity index (χ2n) is 5.03. The molecule has 16 heavy (non-hydrogen) atoms. The van der Waals surface area contributed by atoms with Crippen molar-refractivity contribution in [1.29, 1.82) is 0 Å². The van der Waals surface area contributed by atoms with E-state index in [1.165, 1.54) is 50.6 Å². The predicted octanol–water partition coefficient (Wildman–Crippen LogP) is 3.22. The fraction of sp³-hybridized carbons (Fsp3) is 0.692. The fourth-order valence-electron chi connectivity index (χ4n) is 2.88. The van der Waals surface area contributed by atoms with Crippen LogP contribution >= 0.6 is 0 Å². The lowest BCUT2D eigenvalue weighted by molar-refractivity contribution is 0.462. The SMILES string of the molecule is C1=CC(n2cc(C3CCCC3)nn2)CCC1. The Hall–Kier alpha value is -1.12. The number of allylic oxidation sites excluding steroid dienone is 2. The zero-order valence-corrected chi connectivity index (χ0v) is 9.68. The second-order valence-corrected chi connectivity index (χ2v) is 5.03. The maximum Gasteiger partial charge on any atom is 0.0858 e. The van der Waals surface area contributed by atoms with Gasteiger partial charge in [0.1, 0.15) is 0 Å². The van der Waals surface area contributed by atoms with Gasteiger partial charge in [-0.15, -0.1) is 5.10 Å². The Morgan fingerprint density at radius 2 is 2.00 bits per heavy atom. The van der Waals surface area contributed by atoms with Crippen molar-refractivity contribution in [2.24, 2.45) is 0 Å². The normalized spacial score (nSPS) is 26.4. The van der Waals surface area contributed by atoms with Crippen molar-refractivity contribution in [2.45, 2.75) is 56.9 Å². The van der Waals surface area contributed by atoms with Gasteiger partial charge in [-0.05, 0) is 32.1 Å². The van der Waals surface area contributed by atoms with Gasteiger partial charge < -0.3 is 0 Å². The molecule has 0 saturated heterocycles. The van der Waals surface area contributed by atoms with Gasteiger partial charge in [0.05, 0.1) is 11.7 Å². The van der Waals surface area contributed by atoms with E-state index in [4.69, 9.17) is 0 Å². The fourth-order valence-corrected chi connectivity index (χ4v) is 2.88. The highest BCUT2D eigenvalue weighted by Crippen LogP contribution is 2.33. The third-order valence-electron chi connectivity index (χ3n) is 3.87. The van der Waals surface area contributed by atoms with Gasteiger partial charge in [0.15, 0.2) is 0 Å². The Labute approximate surface area is 96.5 Å². The van der Waals surface area contributed by atoms with Gasteiger partial charge in [-0.1, -0.05) is 30.2 Å². The van der Waals surface area contributed by atoms with Gasteiger partial charge in [0.2, 0.25) is 0 Å². The zero-order valence-electron chi connectivity index (χ0n) is 9.68. The first kappa shape index (κ1) is 10.1. The molecule has 0 aliphatic heterocycles. The standard InChI is InChI=1S/C13H19N3/c1-2-8-12(9-3-1)16-10-13(14-15-16)11-6-4-5-7-11/h2,8,10-12H,1,3-7,9H2. The summed E-state index contributed by atoms with van der Waals surface area (Å²) in [5.74, 6) is 0.682. The highest BCUT2D eigenvalue weighted by Gasteiger charge is 2.21. The van der Waals surface area contributed by atoms with Crippen molar-refractivity contribution in [2.75, 3.05) is 0 Å². The van der Waals surface area contributed by atoms with E-state index < -0.39 is 0 Å². The van der Waals surface area contributed by atoms with E-state index in [0.29, 0.717) is 12.0 Å². The van der Waals surface area contributed by atoms with Gasteiger partial charge in [-0.2, -0.15) is 0 Å². The molecule has 0 radical (unpaired) electrons. The van der Waals surface area contributed by atoms with E-state index in [9.17, 15) is 0 Å². The van der Waals surface area contributed by atoms with E-state index in [1.807, 2.05) is 0 Å². The third-order valence-corrected chi connectivity index (χ3v) is 3.87. The molecule has 1 fully saturated rings. The minimum atomic E-state index is 0.455. The molecular formula is C13H19N3. The maximum absolute atomic E-state index is 4.35. The lowest BCUT2D eigenvalue weighted by atomic mass is 10.0. The van der Waals surface area contributed by atoms with Crippen molar-refractivity contribution in [3.8, 4) is 0 Å². The summed E-state index contributed by atoms with van der Waals surface area (Å²) in [6, 6.07) is 0.455. The van der Waals surface area contributed by atoms with Gasteiger partial charge in [0, 0.05) is 12.1 Å². The molecule has 1 heterocycles. The van der Waals surface area contributed by atoms with E-state index in [2.05, 4.69) is 33.3 Å². The summed E-state index contributed by atoms with van der Waals surface area (Å²) in [5.41, 5.74) is 1.22. The first-order valence-electron chi connectivity index (χ1n) is 6.52. The zero-order chi connectivity index (χ0) is 10.8. The highest BCUT2D eigenvalue weighted by molar-refractivity contribution is 5.06. The van der Waals surface area contributed by atoms with E-state index in [-0.39, 0.29) is 0 Å². The average molecular weight is 217 g/mol. The first-order valence-corrected chi connectivity index (χ1v) is 6.52. The Morgan fingerprint density at radius 1 is 1.12 bits per heavy atom. The lowest BCUT2D eigenvalue weighted by Crippen LogP contribution is -2.09. The van der Waals surface area contributed by atoms with Crippen LogP contribution in [0, 0.1) is 0 Å². The molecule has 3 nitrogen and oxygen atoms in total. The van der Waals surface area contributed by atoms with Gasteiger partial charge >= 0.3 is 0 Å². The van der Waals surface area contributed by atoms with E-state index in [1.54, 1.807) is 0 Å². The number of aromatic nitrogens is 3. The molecule has 2 aliphatic rings. The molecule has 86 valence electrons. The summed E-state index contributed by atoms with van der Waals surface area (Å²) >= 11 is 0. The van der Waals surface area contributed by atoms with Crippen LogP contribution in [0.5, 0.6) is 0 Å². The Morgan fingerprint density at radius 3 is 2.75 bits per heavy atom. The third kappa shape index (κ3) is 1.91. The molecule has 1 saturated carbocycles. The summed E-state index contributed by atoms with van der Waals surface area (Å²) in [7, 11) is 0. The topological polar surface area (TPSA) is 30.7 Å². The molecule has 1 atom stereocenters. The van der Waals surface area contributed by atoms with Crippen LogP contribution in [-0.2, 0) is 0 Å². The summed E-state index contributed by atoms with van der Waals surface area (Å²) in [5, 5.41) is 8.65. The molecule has 3 rings (SSSR count). The molecule has 0 aromatic carbocycles. The summed E-state index contributed by atoms with van der Waals surface area (Å²) in [6.45, 7) is 0. The lowest BCUT2D eigenvalue weighted by Gasteiger charge is -2.15. The van der Waals surface area contributed by atoms with Crippen molar-refractivity contribution in [1.82, 2.24) is 15.0 Å². The molecule has 0 spiro atoms. The summed E-state index contributed by atoms with van der Waals surface area (Å²) < 4.78 is 2.06. The molecule has 1 unspecified atom stereocenters.